The first kappa shape index (κ1) is 15.3. The number of ether oxygens (including phenoxy) is 1. The van der Waals surface area contributed by atoms with Crippen LogP contribution in [0.1, 0.15) is 13.3 Å². The van der Waals surface area contributed by atoms with E-state index in [2.05, 4.69) is 20.7 Å². The van der Waals surface area contributed by atoms with Crippen molar-refractivity contribution in [1.29, 1.82) is 0 Å². The van der Waals surface area contributed by atoms with Crippen molar-refractivity contribution in [2.75, 3.05) is 11.3 Å². The van der Waals surface area contributed by atoms with Crippen molar-refractivity contribution in [1.82, 2.24) is 0 Å². The van der Waals surface area contributed by atoms with Crippen LogP contribution in [0.4, 0.5) is 5.69 Å². The maximum atomic E-state index is 12.3. The molecule has 2 aromatic rings. The van der Waals surface area contributed by atoms with E-state index in [-0.39, 0.29) is 4.21 Å². The molecule has 0 radical (unpaired) electrons. The van der Waals surface area contributed by atoms with Gasteiger partial charge in [0.2, 0.25) is 0 Å². The van der Waals surface area contributed by atoms with Gasteiger partial charge in [-0.05, 0) is 45.9 Å². The molecule has 1 aromatic carbocycles. The molecule has 0 aliphatic heterocycles. The Morgan fingerprint density at radius 1 is 1.30 bits per heavy atom. The van der Waals surface area contributed by atoms with E-state index in [1.165, 1.54) is 0 Å². The Kier molecular flexibility index (Phi) is 5.06. The molecule has 0 atom stereocenters. The number of anilines is 1. The summed E-state index contributed by atoms with van der Waals surface area (Å²) < 4.78 is 33.6. The number of benzene rings is 1. The van der Waals surface area contributed by atoms with Gasteiger partial charge >= 0.3 is 0 Å². The lowest BCUT2D eigenvalue weighted by Gasteiger charge is -2.12. The summed E-state index contributed by atoms with van der Waals surface area (Å²) in [5.74, 6) is 0.533. The molecule has 0 unspecified atom stereocenters. The average molecular weight is 376 g/mol. The smallest absolute Gasteiger partial charge is 0.272 e. The predicted molar refractivity (Wildman–Crippen MR) is 85.1 cm³/mol. The van der Waals surface area contributed by atoms with E-state index in [9.17, 15) is 8.42 Å². The van der Waals surface area contributed by atoms with Gasteiger partial charge in [0.1, 0.15) is 5.75 Å². The number of thiophene rings is 1. The largest absolute Gasteiger partial charge is 0.491 e. The first-order valence-corrected chi connectivity index (χ1v) is 9.18. The Morgan fingerprint density at radius 2 is 2.05 bits per heavy atom. The zero-order chi connectivity index (χ0) is 14.6. The lowest BCUT2D eigenvalue weighted by molar-refractivity contribution is 0.319. The Balaban J connectivity index is 2.28. The Labute approximate surface area is 131 Å². The van der Waals surface area contributed by atoms with Crippen molar-refractivity contribution in [3.63, 3.8) is 0 Å². The molecule has 0 saturated heterocycles. The fourth-order valence-electron chi connectivity index (χ4n) is 1.55. The molecule has 0 bridgehead atoms. The van der Waals surface area contributed by atoms with Crippen LogP contribution in [0.15, 0.2) is 44.4 Å². The third-order valence-electron chi connectivity index (χ3n) is 2.42. The highest BCUT2D eigenvalue weighted by Crippen LogP contribution is 2.32. The van der Waals surface area contributed by atoms with E-state index >= 15 is 0 Å². The molecule has 1 heterocycles. The van der Waals surface area contributed by atoms with Crippen molar-refractivity contribution in [3.8, 4) is 5.75 Å². The second kappa shape index (κ2) is 6.60. The van der Waals surface area contributed by atoms with Gasteiger partial charge in [-0.2, -0.15) is 0 Å². The van der Waals surface area contributed by atoms with Crippen LogP contribution >= 0.6 is 27.3 Å². The van der Waals surface area contributed by atoms with Gasteiger partial charge in [0, 0.05) is 4.47 Å². The fraction of sp³-hybridized carbons (Fsp3) is 0.231. The second-order valence-electron chi connectivity index (χ2n) is 4.01. The van der Waals surface area contributed by atoms with Crippen LogP contribution in [0.5, 0.6) is 5.75 Å². The van der Waals surface area contributed by atoms with Gasteiger partial charge < -0.3 is 4.74 Å². The number of hydrogen-bond donors (Lipinski definition) is 1. The molecule has 0 saturated carbocycles. The van der Waals surface area contributed by atoms with Crippen LogP contribution in [0, 0.1) is 0 Å². The average Bonchev–Trinajstić information content (AvgIpc) is 2.84. The summed E-state index contributed by atoms with van der Waals surface area (Å²) in [6, 6.07) is 8.71. The number of sulfonamides is 1. The molecule has 2 rings (SSSR count). The fourth-order valence-corrected chi connectivity index (χ4v) is 4.96. The van der Waals surface area contributed by atoms with Gasteiger partial charge in [0.15, 0.2) is 4.21 Å². The molecule has 0 amide bonds. The zero-order valence-electron chi connectivity index (χ0n) is 10.8. The molecule has 108 valence electrons. The van der Waals surface area contributed by atoms with Gasteiger partial charge in [0.05, 0.1) is 12.3 Å². The van der Waals surface area contributed by atoms with Crippen LogP contribution in [0.3, 0.4) is 0 Å². The maximum Gasteiger partial charge on any atom is 0.272 e. The Morgan fingerprint density at radius 3 is 2.70 bits per heavy atom. The van der Waals surface area contributed by atoms with E-state index in [4.69, 9.17) is 4.74 Å². The van der Waals surface area contributed by atoms with E-state index in [0.29, 0.717) is 22.5 Å². The monoisotopic (exact) mass is 375 g/mol. The molecule has 0 aliphatic rings. The molecule has 0 aliphatic carbocycles. The minimum Gasteiger partial charge on any atom is -0.491 e. The second-order valence-corrected chi connectivity index (χ2v) is 7.65. The predicted octanol–water partition coefficient (Wildman–Crippen LogP) is 4.10. The van der Waals surface area contributed by atoms with Crippen molar-refractivity contribution in [2.45, 2.75) is 17.6 Å². The SMILES string of the molecule is CCCOc1ccccc1NS(=O)(=O)c1sccc1Br. The minimum atomic E-state index is -3.61. The molecule has 20 heavy (non-hydrogen) atoms. The Hall–Kier alpha value is -1.05. The molecular weight excluding hydrogens is 362 g/mol. The summed E-state index contributed by atoms with van der Waals surface area (Å²) in [5, 5.41) is 1.72. The third-order valence-corrected chi connectivity index (χ3v) is 6.46. The van der Waals surface area contributed by atoms with Gasteiger partial charge in [-0.15, -0.1) is 11.3 Å². The zero-order valence-corrected chi connectivity index (χ0v) is 14.0. The molecule has 1 N–H and O–H groups in total. The maximum absolute atomic E-state index is 12.3. The standard InChI is InChI=1S/C13H14BrNO3S2/c1-2-8-18-12-6-4-3-5-11(12)15-20(16,17)13-10(14)7-9-19-13/h3-7,9,15H,2,8H2,1H3. The van der Waals surface area contributed by atoms with Gasteiger partial charge in [-0.1, -0.05) is 19.1 Å². The summed E-state index contributed by atoms with van der Waals surface area (Å²) in [6.07, 6.45) is 0.859. The number of nitrogens with one attached hydrogen (secondary N) is 1. The van der Waals surface area contributed by atoms with Crippen LogP contribution in [0.2, 0.25) is 0 Å². The van der Waals surface area contributed by atoms with Crippen LogP contribution in [-0.2, 0) is 10.0 Å². The first-order chi connectivity index (χ1) is 9.54. The van der Waals surface area contributed by atoms with Gasteiger partial charge in [-0.3, -0.25) is 4.72 Å². The molecule has 7 heteroatoms. The lowest BCUT2D eigenvalue weighted by atomic mass is 10.3. The molecule has 0 spiro atoms. The molecule has 0 fully saturated rings. The minimum absolute atomic E-state index is 0.253. The van der Waals surface area contributed by atoms with Crippen LogP contribution < -0.4 is 9.46 Å². The quantitative estimate of drug-likeness (QED) is 0.826. The van der Waals surface area contributed by atoms with Crippen molar-refractivity contribution in [2.24, 2.45) is 0 Å². The Bertz CT molecular complexity index is 682. The molecule has 1 aromatic heterocycles. The van der Waals surface area contributed by atoms with E-state index in [1.807, 2.05) is 13.0 Å². The number of halogens is 1. The normalized spacial score (nSPS) is 11.3. The molecular formula is C13H14BrNO3S2. The summed E-state index contributed by atoms with van der Waals surface area (Å²) in [6.45, 7) is 2.54. The summed E-state index contributed by atoms with van der Waals surface area (Å²) in [4.78, 5) is 0. The van der Waals surface area contributed by atoms with Crippen molar-refractivity contribution < 1.29 is 13.2 Å². The van der Waals surface area contributed by atoms with Crippen LogP contribution in [-0.4, -0.2) is 15.0 Å². The topological polar surface area (TPSA) is 55.4 Å². The third kappa shape index (κ3) is 3.53. The lowest BCUT2D eigenvalue weighted by Crippen LogP contribution is -2.13. The summed E-state index contributed by atoms with van der Waals surface area (Å²) >= 11 is 4.40. The van der Waals surface area contributed by atoms with E-state index in [0.717, 1.165) is 17.8 Å². The number of hydrogen-bond acceptors (Lipinski definition) is 4. The highest BCUT2D eigenvalue weighted by molar-refractivity contribution is 9.10. The van der Waals surface area contributed by atoms with Crippen LogP contribution in [0.25, 0.3) is 0 Å². The van der Waals surface area contributed by atoms with E-state index in [1.54, 1.807) is 29.6 Å². The molecule has 4 nitrogen and oxygen atoms in total. The summed E-state index contributed by atoms with van der Waals surface area (Å²) in [7, 11) is -3.61. The highest BCUT2D eigenvalue weighted by atomic mass is 79.9. The number of para-hydroxylation sites is 2. The van der Waals surface area contributed by atoms with E-state index < -0.39 is 10.0 Å². The highest BCUT2D eigenvalue weighted by Gasteiger charge is 2.20. The van der Waals surface area contributed by atoms with Crippen molar-refractivity contribution in [3.05, 3.63) is 40.2 Å². The van der Waals surface area contributed by atoms with Gasteiger partial charge in [0.25, 0.3) is 10.0 Å². The van der Waals surface area contributed by atoms with Crippen molar-refractivity contribution >= 4 is 43.0 Å². The first-order valence-electron chi connectivity index (χ1n) is 6.02. The number of rotatable bonds is 6. The summed E-state index contributed by atoms with van der Waals surface area (Å²) in [5.41, 5.74) is 0.446. The van der Waals surface area contributed by atoms with Gasteiger partial charge in [-0.25, -0.2) is 8.42 Å².